The fraction of sp³-hybridized carbons (Fsp3) is 0.562. The van der Waals surface area contributed by atoms with E-state index in [1.807, 2.05) is 0 Å². The van der Waals surface area contributed by atoms with E-state index in [0.29, 0.717) is 23.2 Å². The number of amides is 1. The van der Waals surface area contributed by atoms with Gasteiger partial charge in [-0.15, -0.1) is 0 Å². The summed E-state index contributed by atoms with van der Waals surface area (Å²) in [6, 6.07) is 5.57. The molecule has 1 aromatic rings. The Morgan fingerprint density at radius 2 is 2.09 bits per heavy atom. The van der Waals surface area contributed by atoms with Crippen LogP contribution < -0.4 is 10.2 Å². The average molecular weight is 301 g/mol. The number of carbonyl (C=O) groups excluding carboxylic acids is 1. The molecule has 1 amide bonds. The first kappa shape index (κ1) is 13.5. The number of hydrogen-bond donors (Lipinski definition) is 1. The minimum atomic E-state index is -0.366. The summed E-state index contributed by atoms with van der Waals surface area (Å²) in [5.74, 6) is 0.461. The van der Waals surface area contributed by atoms with Crippen LogP contribution in [0.25, 0.3) is 0 Å². The number of nitrogens with one attached hydrogen (secondary N) is 1. The zero-order chi connectivity index (χ0) is 15.3. The maximum absolute atomic E-state index is 12.1. The van der Waals surface area contributed by atoms with Gasteiger partial charge < -0.3 is 10.2 Å². The van der Waals surface area contributed by atoms with Gasteiger partial charge in [-0.25, -0.2) is 0 Å². The zero-order valence-corrected chi connectivity index (χ0v) is 12.3. The molecule has 22 heavy (non-hydrogen) atoms. The van der Waals surface area contributed by atoms with E-state index in [1.165, 1.54) is 12.5 Å². The number of nitrogens with zero attached hydrogens (tertiary/aromatic N) is 2. The number of anilines is 1. The highest BCUT2D eigenvalue weighted by molar-refractivity contribution is 5.96. The van der Waals surface area contributed by atoms with Gasteiger partial charge in [-0.3, -0.25) is 14.9 Å². The molecule has 0 radical (unpaired) electrons. The van der Waals surface area contributed by atoms with Crippen LogP contribution in [-0.2, 0) is 0 Å². The molecule has 6 heteroatoms. The summed E-state index contributed by atoms with van der Waals surface area (Å²) in [6.45, 7) is 0.902. The van der Waals surface area contributed by atoms with Gasteiger partial charge in [0.1, 0.15) is 5.69 Å². The molecule has 0 aromatic heterocycles. The van der Waals surface area contributed by atoms with Crippen molar-refractivity contribution in [1.29, 1.82) is 0 Å². The predicted molar refractivity (Wildman–Crippen MR) is 82.1 cm³/mol. The van der Waals surface area contributed by atoms with E-state index in [9.17, 15) is 14.9 Å². The summed E-state index contributed by atoms with van der Waals surface area (Å²) >= 11 is 0. The highest BCUT2D eigenvalue weighted by Gasteiger charge is 2.40. The zero-order valence-electron chi connectivity index (χ0n) is 12.3. The standard InChI is InChI=1S/C16H19N3O3/c20-16(17-12-3-4-12)11-2-6-14(15(8-11)19(21)22)18-9-10-1-5-13(18)7-10/h2,6,8,10,12-13H,1,3-5,7,9H2,(H,17,20). The van der Waals surface area contributed by atoms with Crippen LogP contribution in [-0.4, -0.2) is 29.5 Å². The summed E-state index contributed by atoms with van der Waals surface area (Å²) in [6.07, 6.45) is 5.50. The number of piperidine rings is 1. The van der Waals surface area contributed by atoms with Gasteiger partial charge in [0, 0.05) is 30.3 Å². The maximum atomic E-state index is 12.1. The first-order valence-corrected chi connectivity index (χ1v) is 7.98. The monoisotopic (exact) mass is 301 g/mol. The minimum absolute atomic E-state index is 0.0518. The van der Waals surface area contributed by atoms with Crippen molar-refractivity contribution in [3.8, 4) is 0 Å². The lowest BCUT2D eigenvalue weighted by molar-refractivity contribution is -0.384. The summed E-state index contributed by atoms with van der Waals surface area (Å²) in [4.78, 5) is 25.3. The predicted octanol–water partition coefficient (Wildman–Crippen LogP) is 2.48. The van der Waals surface area contributed by atoms with Crippen molar-refractivity contribution in [2.24, 2.45) is 5.92 Å². The first-order valence-electron chi connectivity index (χ1n) is 7.98. The Hall–Kier alpha value is -2.11. The lowest BCUT2D eigenvalue weighted by atomic mass is 10.1. The van der Waals surface area contributed by atoms with Crippen LogP contribution in [0, 0.1) is 16.0 Å². The SMILES string of the molecule is O=C(NC1CC1)c1ccc(N2CC3CCC2C3)c([N+](=O)[O-])c1. The normalized spacial score (nSPS) is 26.3. The molecule has 2 aliphatic carbocycles. The van der Waals surface area contributed by atoms with Crippen molar-refractivity contribution in [2.75, 3.05) is 11.4 Å². The van der Waals surface area contributed by atoms with Crippen molar-refractivity contribution in [3.63, 3.8) is 0 Å². The van der Waals surface area contributed by atoms with E-state index in [2.05, 4.69) is 10.2 Å². The average Bonchev–Trinajstić information content (AvgIpc) is 3.08. The van der Waals surface area contributed by atoms with E-state index >= 15 is 0 Å². The number of hydrogen-bond acceptors (Lipinski definition) is 4. The molecule has 2 unspecified atom stereocenters. The van der Waals surface area contributed by atoms with E-state index < -0.39 is 0 Å². The molecule has 116 valence electrons. The fourth-order valence-electron chi connectivity index (χ4n) is 3.77. The van der Waals surface area contributed by atoms with Crippen molar-refractivity contribution >= 4 is 17.3 Å². The molecule has 1 aliphatic heterocycles. The van der Waals surface area contributed by atoms with Gasteiger partial charge in [-0.1, -0.05) is 0 Å². The summed E-state index contributed by atoms with van der Waals surface area (Å²) in [5.41, 5.74) is 1.10. The lowest BCUT2D eigenvalue weighted by Crippen LogP contribution is -2.32. The van der Waals surface area contributed by atoms with Gasteiger partial charge in [0.05, 0.1) is 4.92 Å². The van der Waals surface area contributed by atoms with Gasteiger partial charge >= 0.3 is 0 Å². The Kier molecular flexibility index (Phi) is 3.06. The largest absolute Gasteiger partial charge is 0.363 e. The molecule has 1 saturated heterocycles. The molecular weight excluding hydrogens is 282 g/mol. The Bertz CT molecular complexity index is 642. The van der Waals surface area contributed by atoms with Crippen LogP contribution in [0.2, 0.25) is 0 Å². The fourth-order valence-corrected chi connectivity index (χ4v) is 3.77. The van der Waals surface area contributed by atoms with Crippen molar-refractivity contribution < 1.29 is 9.72 Å². The third kappa shape index (κ3) is 2.32. The van der Waals surface area contributed by atoms with E-state index in [1.54, 1.807) is 12.1 Å². The van der Waals surface area contributed by atoms with Crippen LogP contribution in [0.5, 0.6) is 0 Å². The molecule has 3 fully saturated rings. The van der Waals surface area contributed by atoms with E-state index in [-0.39, 0.29) is 22.6 Å². The lowest BCUT2D eigenvalue weighted by Gasteiger charge is -2.28. The number of benzene rings is 1. The number of carbonyl (C=O) groups is 1. The molecular formula is C16H19N3O3. The molecule has 3 aliphatic rings. The van der Waals surface area contributed by atoms with Crippen LogP contribution >= 0.6 is 0 Å². The van der Waals surface area contributed by atoms with Crippen LogP contribution in [0.15, 0.2) is 18.2 Å². The van der Waals surface area contributed by atoms with Crippen LogP contribution in [0.4, 0.5) is 11.4 Å². The molecule has 1 N–H and O–H groups in total. The van der Waals surface area contributed by atoms with Crippen molar-refractivity contribution in [1.82, 2.24) is 5.32 Å². The van der Waals surface area contributed by atoms with E-state index in [4.69, 9.17) is 0 Å². The van der Waals surface area contributed by atoms with Crippen LogP contribution in [0.3, 0.4) is 0 Å². The summed E-state index contributed by atoms with van der Waals surface area (Å²) in [5, 5.41) is 14.3. The number of nitro benzene ring substituents is 1. The highest BCUT2D eigenvalue weighted by Crippen LogP contribution is 2.43. The van der Waals surface area contributed by atoms with Gasteiger partial charge in [0.2, 0.25) is 0 Å². The third-order valence-electron chi connectivity index (χ3n) is 5.07. The smallest absolute Gasteiger partial charge is 0.293 e. The molecule has 0 spiro atoms. The molecule has 1 aromatic carbocycles. The van der Waals surface area contributed by atoms with Crippen LogP contribution in [0.1, 0.15) is 42.5 Å². The maximum Gasteiger partial charge on any atom is 0.293 e. The minimum Gasteiger partial charge on any atom is -0.363 e. The van der Waals surface area contributed by atoms with Gasteiger partial charge in [-0.2, -0.15) is 0 Å². The molecule has 2 bridgehead atoms. The second kappa shape index (κ2) is 4.97. The number of fused-ring (bicyclic) bond motifs is 2. The Morgan fingerprint density at radius 3 is 2.68 bits per heavy atom. The number of nitro groups is 1. The van der Waals surface area contributed by atoms with Crippen molar-refractivity contribution in [3.05, 3.63) is 33.9 Å². The summed E-state index contributed by atoms with van der Waals surface area (Å²) in [7, 11) is 0. The molecule has 2 atom stereocenters. The topological polar surface area (TPSA) is 75.5 Å². The molecule has 6 nitrogen and oxygen atoms in total. The summed E-state index contributed by atoms with van der Waals surface area (Å²) < 4.78 is 0. The Labute approximate surface area is 128 Å². The second-order valence-corrected chi connectivity index (χ2v) is 6.69. The van der Waals surface area contributed by atoms with E-state index in [0.717, 1.165) is 32.2 Å². The molecule has 4 rings (SSSR count). The van der Waals surface area contributed by atoms with Gasteiger partial charge in [-0.05, 0) is 50.2 Å². The Morgan fingerprint density at radius 1 is 1.27 bits per heavy atom. The Balaban J connectivity index is 1.63. The second-order valence-electron chi connectivity index (χ2n) is 6.69. The first-order chi connectivity index (χ1) is 10.6. The highest BCUT2D eigenvalue weighted by atomic mass is 16.6. The molecule has 1 heterocycles. The van der Waals surface area contributed by atoms with Gasteiger partial charge in [0.15, 0.2) is 0 Å². The quantitative estimate of drug-likeness (QED) is 0.684. The van der Waals surface area contributed by atoms with Crippen molar-refractivity contribution in [2.45, 2.75) is 44.2 Å². The third-order valence-corrected chi connectivity index (χ3v) is 5.07. The number of rotatable bonds is 4. The molecule has 2 saturated carbocycles. The van der Waals surface area contributed by atoms with Gasteiger partial charge in [0.25, 0.3) is 11.6 Å².